The van der Waals surface area contributed by atoms with E-state index < -0.39 is 6.04 Å². The molecular weight excluding hydrogens is 488 g/mol. The lowest BCUT2D eigenvalue weighted by molar-refractivity contribution is -0.148. The lowest BCUT2D eigenvalue weighted by atomic mass is 9.81. The van der Waals surface area contributed by atoms with Gasteiger partial charge in [-0.25, -0.2) is 0 Å². The number of nitrogens with one attached hydrogen (secondary N) is 1. The van der Waals surface area contributed by atoms with Crippen LogP contribution in [-0.2, 0) is 14.4 Å². The summed E-state index contributed by atoms with van der Waals surface area (Å²) >= 11 is 7.40. The molecule has 1 aromatic carbocycles. The highest BCUT2D eigenvalue weighted by Gasteiger charge is 2.67. The van der Waals surface area contributed by atoms with E-state index in [-0.39, 0.29) is 57.0 Å². The predicted octanol–water partition coefficient (Wildman–Crippen LogP) is 3.74. The van der Waals surface area contributed by atoms with Gasteiger partial charge in [0.25, 0.3) is 0 Å². The fraction of sp³-hybridized carbons (Fsp3) is 0.571. The minimum atomic E-state index is -0.797. The lowest BCUT2D eigenvalue weighted by Crippen LogP contribution is -2.51. The molecule has 3 fully saturated rings. The molecule has 2 saturated carbocycles. The van der Waals surface area contributed by atoms with E-state index in [0.29, 0.717) is 5.69 Å². The first-order valence-corrected chi connectivity index (χ1v) is 11.6. The van der Waals surface area contributed by atoms with E-state index in [1.54, 1.807) is 0 Å². The molecule has 3 aliphatic rings. The molecule has 1 N–H and O–H groups in total. The molecule has 0 radical (unpaired) electrons. The molecule has 28 heavy (non-hydrogen) atoms. The molecule has 150 valence electrons. The van der Waals surface area contributed by atoms with Gasteiger partial charge in [0, 0.05) is 15.3 Å². The van der Waals surface area contributed by atoms with Gasteiger partial charge in [-0.1, -0.05) is 63.4 Å². The van der Waals surface area contributed by atoms with Crippen molar-refractivity contribution in [1.29, 1.82) is 0 Å². The van der Waals surface area contributed by atoms with Crippen LogP contribution in [0.25, 0.3) is 0 Å². The second-order valence-electron chi connectivity index (χ2n) is 8.59. The molecule has 3 amide bonds. The molecular formula is C21H24Br2N2O3. The fourth-order valence-electron chi connectivity index (χ4n) is 5.22. The molecule has 7 atom stereocenters. The van der Waals surface area contributed by atoms with Crippen LogP contribution >= 0.6 is 31.9 Å². The van der Waals surface area contributed by atoms with Crippen molar-refractivity contribution < 1.29 is 14.4 Å². The highest BCUT2D eigenvalue weighted by molar-refractivity contribution is 9.12. The molecule has 1 aromatic rings. The van der Waals surface area contributed by atoms with Gasteiger partial charge < -0.3 is 5.32 Å². The minimum Gasteiger partial charge on any atom is -0.324 e. The van der Waals surface area contributed by atoms with Crippen molar-refractivity contribution in [2.24, 2.45) is 29.6 Å². The predicted molar refractivity (Wildman–Crippen MR) is 114 cm³/mol. The molecule has 0 unspecified atom stereocenters. The number of benzene rings is 1. The number of halogens is 2. The SMILES string of the molecule is Cc1ccc(NC(=O)[C@H](C(C)C)N2C(=O)[C@@H]3[C@@H]4C[C@@H]([C@@H](Br)[C@@H]4Br)[C@@H]3C2=O)cc1. The number of hydrogen-bond donors (Lipinski definition) is 1. The number of imide groups is 1. The van der Waals surface area contributed by atoms with E-state index in [4.69, 9.17) is 0 Å². The summed E-state index contributed by atoms with van der Waals surface area (Å²) in [6, 6.07) is 6.70. The minimum absolute atomic E-state index is 0.147. The zero-order valence-electron chi connectivity index (χ0n) is 16.1. The van der Waals surface area contributed by atoms with Gasteiger partial charge in [0.15, 0.2) is 0 Å². The summed E-state index contributed by atoms with van der Waals surface area (Å²) in [4.78, 5) is 41.3. The molecule has 2 bridgehead atoms. The Bertz CT molecular complexity index is 793. The van der Waals surface area contributed by atoms with Crippen LogP contribution in [0.2, 0.25) is 0 Å². The van der Waals surface area contributed by atoms with E-state index in [1.165, 1.54) is 4.90 Å². The Morgan fingerprint density at radius 1 is 1.04 bits per heavy atom. The second-order valence-corrected chi connectivity index (χ2v) is 10.7. The molecule has 2 aliphatic carbocycles. The van der Waals surface area contributed by atoms with Crippen molar-refractivity contribution in [3.8, 4) is 0 Å². The van der Waals surface area contributed by atoms with Gasteiger partial charge in [-0.3, -0.25) is 19.3 Å². The molecule has 4 rings (SSSR count). The van der Waals surface area contributed by atoms with Gasteiger partial charge in [0.1, 0.15) is 6.04 Å². The summed E-state index contributed by atoms with van der Waals surface area (Å²) in [6.07, 6.45) is 0.883. The van der Waals surface area contributed by atoms with Crippen molar-refractivity contribution in [2.75, 3.05) is 5.32 Å². The Morgan fingerprint density at radius 3 is 2.00 bits per heavy atom. The Labute approximate surface area is 181 Å². The first-order valence-electron chi connectivity index (χ1n) is 9.75. The normalized spacial score (nSPS) is 34.9. The third-order valence-corrected chi connectivity index (χ3v) is 9.73. The number of hydrogen-bond acceptors (Lipinski definition) is 3. The zero-order valence-corrected chi connectivity index (χ0v) is 19.2. The Kier molecular flexibility index (Phi) is 5.19. The molecule has 7 heteroatoms. The first kappa shape index (κ1) is 20.1. The first-order chi connectivity index (χ1) is 13.2. The maximum atomic E-state index is 13.3. The van der Waals surface area contributed by atoms with Crippen LogP contribution in [0.4, 0.5) is 5.69 Å². The van der Waals surface area contributed by atoms with Gasteiger partial charge in [-0.05, 0) is 43.2 Å². The number of amides is 3. The number of likely N-dealkylation sites (tertiary alicyclic amines) is 1. The fourth-order valence-corrected chi connectivity index (χ4v) is 7.09. The Morgan fingerprint density at radius 2 is 1.54 bits per heavy atom. The van der Waals surface area contributed by atoms with Crippen LogP contribution in [0.5, 0.6) is 0 Å². The maximum Gasteiger partial charge on any atom is 0.247 e. The van der Waals surface area contributed by atoms with Crippen molar-refractivity contribution in [3.63, 3.8) is 0 Å². The van der Waals surface area contributed by atoms with Crippen LogP contribution in [0.15, 0.2) is 24.3 Å². The Balaban J connectivity index is 1.60. The molecule has 0 aromatic heterocycles. The number of carbonyl (C=O) groups excluding carboxylic acids is 3. The summed E-state index contributed by atoms with van der Waals surface area (Å²) in [5.41, 5.74) is 1.77. The van der Waals surface area contributed by atoms with Crippen molar-refractivity contribution >= 4 is 55.3 Å². The average Bonchev–Trinajstić information content (AvgIpc) is 3.24. The lowest BCUT2D eigenvalue weighted by Gasteiger charge is -2.29. The maximum absolute atomic E-state index is 13.3. The van der Waals surface area contributed by atoms with Crippen LogP contribution in [0, 0.1) is 36.5 Å². The second kappa shape index (κ2) is 7.24. The number of carbonyl (C=O) groups is 3. The molecule has 5 nitrogen and oxygen atoms in total. The number of fused-ring (bicyclic) bond motifs is 5. The number of alkyl halides is 2. The van der Waals surface area contributed by atoms with E-state index >= 15 is 0 Å². The summed E-state index contributed by atoms with van der Waals surface area (Å²) in [7, 11) is 0. The van der Waals surface area contributed by atoms with Gasteiger partial charge in [-0.2, -0.15) is 0 Å². The standard InChI is InChI=1S/C21H24Br2N2O3/c1-9(2)18(19(26)24-11-6-4-10(3)5-7-11)25-20(27)14-12-8-13(15(14)21(25)28)17(23)16(12)22/h4-7,9,12-18H,8H2,1-3H3,(H,24,26)/t12-,13+,14+,15-,16-,17-,18+/m1/s1. The number of nitrogens with zero attached hydrogens (tertiary/aromatic N) is 1. The van der Waals surface area contributed by atoms with E-state index in [9.17, 15) is 14.4 Å². The largest absolute Gasteiger partial charge is 0.324 e. The summed E-state index contributed by atoms with van der Waals surface area (Å²) in [6.45, 7) is 5.73. The van der Waals surface area contributed by atoms with Crippen LogP contribution < -0.4 is 5.32 Å². The summed E-state index contributed by atoms with van der Waals surface area (Å²) in [5.74, 6) is -1.14. The van der Waals surface area contributed by atoms with Crippen molar-refractivity contribution in [3.05, 3.63) is 29.8 Å². The zero-order chi connectivity index (χ0) is 20.3. The number of aryl methyl sites for hydroxylation is 1. The average molecular weight is 512 g/mol. The highest BCUT2D eigenvalue weighted by Crippen LogP contribution is 2.60. The molecule has 1 saturated heterocycles. The highest BCUT2D eigenvalue weighted by atomic mass is 79.9. The summed E-state index contributed by atoms with van der Waals surface area (Å²) in [5, 5.41) is 2.89. The Hall–Kier alpha value is -1.21. The smallest absolute Gasteiger partial charge is 0.247 e. The van der Waals surface area contributed by atoms with Crippen molar-refractivity contribution in [2.45, 2.75) is 42.9 Å². The van der Waals surface area contributed by atoms with Gasteiger partial charge in [-0.15, -0.1) is 0 Å². The van der Waals surface area contributed by atoms with E-state index in [1.807, 2.05) is 45.0 Å². The van der Waals surface area contributed by atoms with Gasteiger partial charge >= 0.3 is 0 Å². The van der Waals surface area contributed by atoms with Crippen LogP contribution in [0.1, 0.15) is 25.8 Å². The number of rotatable bonds is 4. The van der Waals surface area contributed by atoms with Crippen molar-refractivity contribution in [1.82, 2.24) is 4.90 Å². The molecule has 1 aliphatic heterocycles. The number of anilines is 1. The molecule has 0 spiro atoms. The molecule has 1 heterocycles. The third-order valence-electron chi connectivity index (χ3n) is 6.52. The van der Waals surface area contributed by atoms with E-state index in [0.717, 1.165) is 12.0 Å². The van der Waals surface area contributed by atoms with Crippen LogP contribution in [0.3, 0.4) is 0 Å². The third kappa shape index (κ3) is 2.96. The topological polar surface area (TPSA) is 66.5 Å². The van der Waals surface area contributed by atoms with Crippen LogP contribution in [-0.4, -0.2) is 38.3 Å². The van der Waals surface area contributed by atoms with E-state index in [2.05, 4.69) is 37.2 Å². The monoisotopic (exact) mass is 510 g/mol. The van der Waals surface area contributed by atoms with Gasteiger partial charge in [0.05, 0.1) is 11.8 Å². The van der Waals surface area contributed by atoms with Gasteiger partial charge in [0.2, 0.25) is 17.7 Å². The quantitative estimate of drug-likeness (QED) is 0.494. The summed E-state index contributed by atoms with van der Waals surface area (Å²) < 4.78 is 0.